The van der Waals surface area contributed by atoms with Crippen LogP contribution in [-0.2, 0) is 4.79 Å². The highest BCUT2D eigenvalue weighted by atomic mass is 16.4. The first-order chi connectivity index (χ1) is 7.01. The van der Waals surface area contributed by atoms with Gasteiger partial charge in [0.1, 0.15) is 6.04 Å². The maximum Gasteiger partial charge on any atom is 0.320 e. The van der Waals surface area contributed by atoms with Crippen molar-refractivity contribution >= 4 is 5.97 Å². The largest absolute Gasteiger partial charge is 0.480 e. The van der Waals surface area contributed by atoms with Crippen molar-refractivity contribution in [2.75, 3.05) is 27.2 Å². The fraction of sp³-hybridized carbons (Fsp3) is 0.909. The summed E-state index contributed by atoms with van der Waals surface area (Å²) in [5, 5.41) is 11.6. The van der Waals surface area contributed by atoms with Crippen molar-refractivity contribution in [3.8, 4) is 0 Å². The molecule has 2 atom stereocenters. The van der Waals surface area contributed by atoms with Crippen molar-refractivity contribution in [1.29, 1.82) is 0 Å². The van der Waals surface area contributed by atoms with Crippen LogP contribution in [0.2, 0.25) is 0 Å². The van der Waals surface area contributed by atoms with Gasteiger partial charge in [-0.2, -0.15) is 0 Å². The van der Waals surface area contributed by atoms with Crippen molar-refractivity contribution in [2.24, 2.45) is 5.92 Å². The van der Waals surface area contributed by atoms with Crippen molar-refractivity contribution < 1.29 is 9.90 Å². The Labute approximate surface area is 92.7 Å². The third-order valence-electron chi connectivity index (χ3n) is 2.77. The number of nitrogens with zero attached hydrogens (tertiary/aromatic N) is 1. The zero-order valence-corrected chi connectivity index (χ0v) is 10.3. The number of rotatable bonds is 8. The first-order valence-corrected chi connectivity index (χ1v) is 5.59. The van der Waals surface area contributed by atoms with Gasteiger partial charge in [-0.05, 0) is 33.0 Å². The van der Waals surface area contributed by atoms with Gasteiger partial charge in [0.05, 0.1) is 0 Å². The van der Waals surface area contributed by atoms with E-state index in [0.717, 1.165) is 13.1 Å². The summed E-state index contributed by atoms with van der Waals surface area (Å²) in [5.41, 5.74) is 0. The van der Waals surface area contributed by atoms with Crippen molar-refractivity contribution in [3.05, 3.63) is 0 Å². The second-order valence-electron chi connectivity index (χ2n) is 4.24. The molecule has 2 unspecified atom stereocenters. The smallest absolute Gasteiger partial charge is 0.320 e. The summed E-state index contributed by atoms with van der Waals surface area (Å²) in [6.45, 7) is 6.24. The van der Waals surface area contributed by atoms with Crippen molar-refractivity contribution in [3.63, 3.8) is 0 Å². The predicted molar refractivity (Wildman–Crippen MR) is 62.1 cm³/mol. The van der Waals surface area contributed by atoms with E-state index in [1.165, 1.54) is 6.42 Å². The van der Waals surface area contributed by atoms with Gasteiger partial charge in [-0.1, -0.05) is 20.3 Å². The molecule has 0 rings (SSSR count). The van der Waals surface area contributed by atoms with Crippen molar-refractivity contribution in [2.45, 2.75) is 32.7 Å². The molecule has 0 saturated heterocycles. The first kappa shape index (κ1) is 14.4. The molecule has 0 aliphatic rings. The van der Waals surface area contributed by atoms with Gasteiger partial charge in [0.25, 0.3) is 0 Å². The van der Waals surface area contributed by atoms with E-state index in [1.54, 1.807) is 7.05 Å². The zero-order valence-electron chi connectivity index (χ0n) is 10.3. The summed E-state index contributed by atoms with van der Waals surface area (Å²) in [6, 6.07) is -0.426. The molecule has 0 heterocycles. The Bertz CT molecular complexity index is 185. The lowest BCUT2D eigenvalue weighted by Crippen LogP contribution is -2.37. The molecular formula is C11H24N2O2. The Morgan fingerprint density at radius 3 is 2.53 bits per heavy atom. The molecule has 0 amide bonds. The van der Waals surface area contributed by atoms with E-state index in [2.05, 4.69) is 24.1 Å². The molecule has 0 aromatic carbocycles. The van der Waals surface area contributed by atoms with Crippen LogP contribution in [0.1, 0.15) is 26.7 Å². The number of nitrogens with one attached hydrogen (secondary N) is 1. The molecule has 4 heteroatoms. The van der Waals surface area contributed by atoms with Gasteiger partial charge in [0.15, 0.2) is 0 Å². The van der Waals surface area contributed by atoms with Crippen LogP contribution in [0.25, 0.3) is 0 Å². The highest BCUT2D eigenvalue weighted by molar-refractivity contribution is 5.73. The molecule has 0 spiro atoms. The van der Waals surface area contributed by atoms with Crippen LogP contribution in [0.3, 0.4) is 0 Å². The fourth-order valence-electron chi connectivity index (χ4n) is 1.49. The van der Waals surface area contributed by atoms with Gasteiger partial charge in [-0.3, -0.25) is 4.79 Å². The number of carboxylic acids is 1. The number of hydrogen-bond acceptors (Lipinski definition) is 3. The Balaban J connectivity index is 3.77. The van der Waals surface area contributed by atoms with Crippen molar-refractivity contribution in [1.82, 2.24) is 10.2 Å². The van der Waals surface area contributed by atoms with Crippen LogP contribution in [0, 0.1) is 5.92 Å². The molecule has 0 aromatic rings. The number of hydrogen-bond donors (Lipinski definition) is 2. The number of carbonyl (C=O) groups is 1. The minimum Gasteiger partial charge on any atom is -0.480 e. The second-order valence-corrected chi connectivity index (χ2v) is 4.24. The van der Waals surface area contributed by atoms with Gasteiger partial charge >= 0.3 is 5.97 Å². The number of carboxylic acid groups (broad SMARTS) is 1. The van der Waals surface area contributed by atoms with Crippen LogP contribution >= 0.6 is 0 Å². The molecule has 0 aliphatic heterocycles. The maximum atomic E-state index is 10.7. The molecule has 0 bridgehead atoms. The number of aliphatic carboxylic acids is 1. The molecule has 0 aliphatic carbocycles. The third kappa shape index (κ3) is 6.47. The normalized spacial score (nSPS) is 15.3. The molecule has 15 heavy (non-hydrogen) atoms. The van der Waals surface area contributed by atoms with Crippen LogP contribution < -0.4 is 5.32 Å². The summed E-state index contributed by atoms with van der Waals surface area (Å²) in [5.74, 6) is -0.0951. The highest BCUT2D eigenvalue weighted by Crippen LogP contribution is 2.03. The minimum absolute atomic E-state index is 0.426. The third-order valence-corrected chi connectivity index (χ3v) is 2.77. The van der Waals surface area contributed by atoms with Gasteiger partial charge in [0, 0.05) is 6.54 Å². The molecule has 0 radical (unpaired) electrons. The lowest BCUT2D eigenvalue weighted by atomic mass is 10.1. The van der Waals surface area contributed by atoms with Crippen LogP contribution in [-0.4, -0.2) is 49.2 Å². The Morgan fingerprint density at radius 1 is 1.53 bits per heavy atom. The predicted octanol–water partition coefficient (Wildman–Crippen LogP) is 1.03. The average molecular weight is 216 g/mol. The fourth-order valence-corrected chi connectivity index (χ4v) is 1.49. The van der Waals surface area contributed by atoms with E-state index in [-0.39, 0.29) is 0 Å². The van der Waals surface area contributed by atoms with E-state index in [4.69, 9.17) is 5.11 Å². The second kappa shape index (κ2) is 7.65. The Hall–Kier alpha value is -0.610. The summed E-state index contributed by atoms with van der Waals surface area (Å²) in [7, 11) is 3.73. The van der Waals surface area contributed by atoms with Crippen LogP contribution in [0.4, 0.5) is 0 Å². The van der Waals surface area contributed by atoms with E-state index < -0.39 is 12.0 Å². The topological polar surface area (TPSA) is 52.6 Å². The Morgan fingerprint density at radius 2 is 2.13 bits per heavy atom. The summed E-state index contributed by atoms with van der Waals surface area (Å²) >= 11 is 0. The maximum absolute atomic E-state index is 10.7. The quantitative estimate of drug-likeness (QED) is 0.636. The molecule has 90 valence electrons. The summed E-state index contributed by atoms with van der Waals surface area (Å²) in [4.78, 5) is 12.9. The molecular weight excluding hydrogens is 192 g/mol. The van der Waals surface area contributed by atoms with E-state index in [9.17, 15) is 4.79 Å². The average Bonchev–Trinajstić information content (AvgIpc) is 2.17. The van der Waals surface area contributed by atoms with Crippen LogP contribution in [0.15, 0.2) is 0 Å². The lowest BCUT2D eigenvalue weighted by molar-refractivity contribution is -0.139. The Kier molecular flexibility index (Phi) is 7.34. The van der Waals surface area contributed by atoms with Gasteiger partial charge in [-0.25, -0.2) is 0 Å². The van der Waals surface area contributed by atoms with Gasteiger partial charge in [0.2, 0.25) is 0 Å². The summed E-state index contributed by atoms with van der Waals surface area (Å²) in [6.07, 6.45) is 1.82. The lowest BCUT2D eigenvalue weighted by Gasteiger charge is -2.22. The molecule has 0 aromatic heterocycles. The molecule has 0 saturated carbocycles. The highest BCUT2D eigenvalue weighted by Gasteiger charge is 2.15. The monoisotopic (exact) mass is 216 g/mol. The van der Waals surface area contributed by atoms with Crippen LogP contribution in [0.5, 0.6) is 0 Å². The van der Waals surface area contributed by atoms with Gasteiger partial charge < -0.3 is 15.3 Å². The molecule has 0 fully saturated rings. The standard InChI is InChI=1S/C11H24N2O2/c1-5-9(2)8-13(4)7-6-10(12-3)11(14)15/h9-10,12H,5-8H2,1-4H3,(H,14,15). The molecule has 2 N–H and O–H groups in total. The first-order valence-electron chi connectivity index (χ1n) is 5.59. The SMILES string of the molecule is CCC(C)CN(C)CCC(NC)C(=O)O. The minimum atomic E-state index is -0.769. The zero-order chi connectivity index (χ0) is 11.8. The van der Waals surface area contributed by atoms with E-state index in [0.29, 0.717) is 12.3 Å². The van der Waals surface area contributed by atoms with E-state index >= 15 is 0 Å². The summed E-state index contributed by atoms with van der Waals surface area (Å²) < 4.78 is 0. The molecule has 4 nitrogen and oxygen atoms in total. The van der Waals surface area contributed by atoms with Gasteiger partial charge in [-0.15, -0.1) is 0 Å². The number of likely N-dealkylation sites (N-methyl/N-ethyl adjacent to an activating group) is 1. The van der Waals surface area contributed by atoms with E-state index in [1.807, 2.05) is 7.05 Å².